The standard InChI is InChI=1S/C25H26F4N8O/c1-38-20-4-3-15(7-17(20)26)18-8-16(10-37-14-35-21-22(30)33-13-34-23(21)37)19(9-32-18)36-6-2-5-24(31,12-36)11-25(27,28)29/h3-4,7-9,13-14H,2,5-6,10-12,31H2,1H3,(H2,30,33,34)/t24-/m0/s1. The van der Waals surface area contributed by atoms with E-state index in [-0.39, 0.29) is 31.1 Å². The van der Waals surface area contributed by atoms with Gasteiger partial charge in [0.25, 0.3) is 0 Å². The monoisotopic (exact) mass is 530 g/mol. The number of pyridine rings is 1. The van der Waals surface area contributed by atoms with E-state index in [2.05, 4.69) is 19.9 Å². The zero-order valence-corrected chi connectivity index (χ0v) is 20.5. The Bertz CT molecular complexity index is 1470. The molecule has 4 aromatic rings. The Morgan fingerprint density at radius 2 is 1.95 bits per heavy atom. The lowest BCUT2D eigenvalue weighted by atomic mass is 9.86. The number of benzene rings is 1. The second-order valence-corrected chi connectivity index (χ2v) is 9.53. The molecule has 1 aliphatic rings. The number of methoxy groups -OCH3 is 1. The highest BCUT2D eigenvalue weighted by Crippen LogP contribution is 2.36. The Kier molecular flexibility index (Phi) is 6.55. The smallest absolute Gasteiger partial charge is 0.390 e. The molecule has 1 atom stereocenters. The number of piperidine rings is 1. The maximum Gasteiger partial charge on any atom is 0.390 e. The van der Waals surface area contributed by atoms with E-state index < -0.39 is 24.0 Å². The Morgan fingerprint density at radius 1 is 1.13 bits per heavy atom. The first-order valence-electron chi connectivity index (χ1n) is 11.9. The number of aromatic nitrogens is 5. The molecule has 1 saturated heterocycles. The van der Waals surface area contributed by atoms with Crippen molar-refractivity contribution in [3.63, 3.8) is 0 Å². The molecule has 4 heterocycles. The number of hydrogen-bond donors (Lipinski definition) is 2. The first-order chi connectivity index (χ1) is 18.0. The van der Waals surface area contributed by atoms with Gasteiger partial charge in [-0.1, -0.05) is 0 Å². The van der Waals surface area contributed by atoms with Crippen LogP contribution in [0, 0.1) is 5.82 Å². The van der Waals surface area contributed by atoms with Crippen molar-refractivity contribution in [1.29, 1.82) is 0 Å². The highest BCUT2D eigenvalue weighted by Gasteiger charge is 2.42. The summed E-state index contributed by atoms with van der Waals surface area (Å²) in [4.78, 5) is 18.9. The lowest BCUT2D eigenvalue weighted by molar-refractivity contribution is -0.147. The molecule has 13 heteroatoms. The zero-order chi connectivity index (χ0) is 27.1. The number of ether oxygens (including phenoxy) is 1. The molecule has 0 spiro atoms. The van der Waals surface area contributed by atoms with Gasteiger partial charge in [0.2, 0.25) is 0 Å². The molecule has 38 heavy (non-hydrogen) atoms. The SMILES string of the molecule is COc1ccc(-c2cc(Cn3cnc4c(N)ncnc43)c(N3CCC[C@](N)(CC(F)(F)F)C3)cn2)cc1F. The van der Waals surface area contributed by atoms with E-state index >= 15 is 0 Å². The third-order valence-electron chi connectivity index (χ3n) is 6.69. The van der Waals surface area contributed by atoms with Gasteiger partial charge in [-0.05, 0) is 42.7 Å². The molecular weight excluding hydrogens is 504 g/mol. The van der Waals surface area contributed by atoms with Gasteiger partial charge in [-0.2, -0.15) is 13.2 Å². The van der Waals surface area contributed by atoms with Gasteiger partial charge in [-0.15, -0.1) is 0 Å². The number of imidazole rings is 1. The maximum absolute atomic E-state index is 14.4. The van der Waals surface area contributed by atoms with Crippen LogP contribution in [0.15, 0.2) is 43.1 Å². The number of halogens is 4. The van der Waals surface area contributed by atoms with Gasteiger partial charge in [-0.25, -0.2) is 19.3 Å². The Hall–Kier alpha value is -4.00. The van der Waals surface area contributed by atoms with Crippen LogP contribution in [0.5, 0.6) is 5.75 Å². The molecule has 5 rings (SSSR count). The van der Waals surface area contributed by atoms with Gasteiger partial charge in [0.05, 0.1) is 44.0 Å². The largest absolute Gasteiger partial charge is 0.494 e. The molecule has 0 bridgehead atoms. The van der Waals surface area contributed by atoms with E-state index in [1.54, 1.807) is 29.2 Å². The minimum absolute atomic E-state index is 0.0114. The molecule has 0 amide bonds. The summed E-state index contributed by atoms with van der Waals surface area (Å²) < 4.78 is 61.0. The Labute approximate surface area is 215 Å². The van der Waals surface area contributed by atoms with Crippen LogP contribution in [0.25, 0.3) is 22.4 Å². The number of anilines is 2. The Morgan fingerprint density at radius 3 is 2.68 bits per heavy atom. The summed E-state index contributed by atoms with van der Waals surface area (Å²) in [6.07, 6.45) is -0.207. The van der Waals surface area contributed by atoms with Gasteiger partial charge in [-0.3, -0.25) is 4.98 Å². The molecule has 1 fully saturated rings. The molecule has 1 aromatic carbocycles. The van der Waals surface area contributed by atoms with Crippen molar-refractivity contribution in [1.82, 2.24) is 24.5 Å². The minimum Gasteiger partial charge on any atom is -0.494 e. The summed E-state index contributed by atoms with van der Waals surface area (Å²) in [5, 5.41) is 0. The highest BCUT2D eigenvalue weighted by molar-refractivity contribution is 5.81. The van der Waals surface area contributed by atoms with Crippen LogP contribution in [-0.4, -0.2) is 56.4 Å². The summed E-state index contributed by atoms with van der Waals surface area (Å²) in [5.74, 6) is -0.208. The molecular formula is C25H26F4N8O. The van der Waals surface area contributed by atoms with E-state index in [0.717, 1.165) is 5.56 Å². The summed E-state index contributed by atoms with van der Waals surface area (Å²) in [6, 6.07) is 6.29. The summed E-state index contributed by atoms with van der Waals surface area (Å²) in [5.41, 5.74) is 14.0. The van der Waals surface area contributed by atoms with Crippen LogP contribution in [0.1, 0.15) is 24.8 Å². The second kappa shape index (κ2) is 9.71. The molecule has 200 valence electrons. The number of fused-ring (bicyclic) bond motifs is 1. The van der Waals surface area contributed by atoms with Crippen molar-refractivity contribution < 1.29 is 22.3 Å². The molecule has 0 unspecified atom stereocenters. The predicted octanol–water partition coefficient (Wildman–Crippen LogP) is 3.92. The van der Waals surface area contributed by atoms with Gasteiger partial charge >= 0.3 is 6.18 Å². The fourth-order valence-electron chi connectivity index (χ4n) is 4.99. The maximum atomic E-state index is 14.4. The van der Waals surface area contributed by atoms with Crippen LogP contribution in [0.4, 0.5) is 29.1 Å². The second-order valence-electron chi connectivity index (χ2n) is 9.53. The van der Waals surface area contributed by atoms with Gasteiger partial charge in [0.1, 0.15) is 11.8 Å². The van der Waals surface area contributed by atoms with Crippen molar-refractivity contribution in [3.8, 4) is 17.0 Å². The van der Waals surface area contributed by atoms with Crippen LogP contribution in [0.3, 0.4) is 0 Å². The fraction of sp³-hybridized carbons (Fsp3) is 0.360. The quantitative estimate of drug-likeness (QED) is 0.360. The zero-order valence-electron chi connectivity index (χ0n) is 20.5. The molecule has 0 radical (unpaired) electrons. The van der Waals surface area contributed by atoms with Gasteiger partial charge in [0, 0.05) is 24.2 Å². The van der Waals surface area contributed by atoms with Crippen LogP contribution in [0.2, 0.25) is 0 Å². The topological polar surface area (TPSA) is 121 Å². The van der Waals surface area contributed by atoms with E-state index in [0.29, 0.717) is 41.1 Å². The molecule has 0 saturated carbocycles. The predicted molar refractivity (Wildman–Crippen MR) is 134 cm³/mol. The van der Waals surface area contributed by atoms with Gasteiger partial charge in [0.15, 0.2) is 23.0 Å². The molecule has 3 aromatic heterocycles. The number of rotatable bonds is 6. The number of nitrogens with two attached hydrogens (primary N) is 2. The summed E-state index contributed by atoms with van der Waals surface area (Å²) in [6.45, 7) is 0.781. The molecule has 4 N–H and O–H groups in total. The van der Waals surface area contributed by atoms with Crippen LogP contribution < -0.4 is 21.1 Å². The van der Waals surface area contributed by atoms with E-state index in [1.165, 1.54) is 25.6 Å². The average molecular weight is 531 g/mol. The van der Waals surface area contributed by atoms with Crippen molar-refractivity contribution in [2.24, 2.45) is 5.73 Å². The normalized spacial score (nSPS) is 18.2. The molecule has 1 aliphatic heterocycles. The number of hydrogen-bond acceptors (Lipinski definition) is 8. The Balaban J connectivity index is 1.56. The highest BCUT2D eigenvalue weighted by atomic mass is 19.4. The van der Waals surface area contributed by atoms with E-state index in [9.17, 15) is 17.6 Å². The van der Waals surface area contributed by atoms with Gasteiger partial charge < -0.3 is 25.7 Å². The van der Waals surface area contributed by atoms with Crippen molar-refractivity contribution >= 4 is 22.7 Å². The van der Waals surface area contributed by atoms with Crippen molar-refractivity contribution in [2.75, 3.05) is 30.8 Å². The number of nitrogen functional groups attached to an aromatic ring is 1. The minimum atomic E-state index is -4.38. The van der Waals surface area contributed by atoms with Crippen molar-refractivity contribution in [3.05, 3.63) is 54.5 Å². The first kappa shape index (κ1) is 25.6. The summed E-state index contributed by atoms with van der Waals surface area (Å²) in [7, 11) is 1.38. The lowest BCUT2D eigenvalue weighted by Gasteiger charge is -2.42. The third-order valence-corrected chi connectivity index (χ3v) is 6.69. The number of alkyl halides is 3. The van der Waals surface area contributed by atoms with Crippen LogP contribution in [-0.2, 0) is 6.54 Å². The molecule has 0 aliphatic carbocycles. The van der Waals surface area contributed by atoms with Crippen molar-refractivity contribution in [2.45, 2.75) is 37.5 Å². The number of nitrogens with zero attached hydrogens (tertiary/aromatic N) is 6. The molecule has 9 nitrogen and oxygen atoms in total. The summed E-state index contributed by atoms with van der Waals surface area (Å²) >= 11 is 0. The van der Waals surface area contributed by atoms with Crippen LogP contribution >= 0.6 is 0 Å². The lowest BCUT2D eigenvalue weighted by Crippen LogP contribution is -2.56. The fourth-order valence-corrected chi connectivity index (χ4v) is 4.99. The first-order valence-corrected chi connectivity index (χ1v) is 11.9. The third kappa shape index (κ3) is 5.19. The van der Waals surface area contributed by atoms with E-state index in [1.807, 2.05) is 4.90 Å². The average Bonchev–Trinajstić information content (AvgIpc) is 3.26. The van der Waals surface area contributed by atoms with E-state index in [4.69, 9.17) is 16.2 Å².